The zero-order valence-electron chi connectivity index (χ0n) is 24.9. The van der Waals surface area contributed by atoms with Gasteiger partial charge in [-0.2, -0.15) is 0 Å². The molecule has 43 heavy (non-hydrogen) atoms. The van der Waals surface area contributed by atoms with Gasteiger partial charge in [-0.05, 0) is 91.4 Å². The average molecular weight is 582 g/mol. The first-order valence-electron chi connectivity index (χ1n) is 15.6. The third kappa shape index (κ3) is 4.37. The Labute approximate surface area is 252 Å². The van der Waals surface area contributed by atoms with E-state index in [-0.39, 0.29) is 34.9 Å². The van der Waals surface area contributed by atoms with Gasteiger partial charge < -0.3 is 14.2 Å². The van der Waals surface area contributed by atoms with Crippen molar-refractivity contribution in [2.45, 2.75) is 70.1 Å². The number of aliphatic imine (C=N–C) groups is 1. The molecule has 224 valence electrons. The highest BCUT2D eigenvalue weighted by Crippen LogP contribution is 2.69. The van der Waals surface area contributed by atoms with Crippen molar-refractivity contribution >= 4 is 23.6 Å². The molecule has 5 aliphatic rings. The van der Waals surface area contributed by atoms with E-state index in [1.54, 1.807) is 0 Å². The fraction of sp³-hybridized carbons (Fsp3) is 0.500. The first-order valence-corrected chi connectivity index (χ1v) is 15.6. The number of benzene rings is 2. The van der Waals surface area contributed by atoms with Crippen molar-refractivity contribution in [2.24, 2.45) is 39.5 Å². The molecule has 2 bridgehead atoms. The third-order valence-corrected chi connectivity index (χ3v) is 11.5. The summed E-state index contributed by atoms with van der Waals surface area (Å²) in [6.45, 7) is 6.41. The lowest BCUT2D eigenvalue weighted by Gasteiger charge is -2.61. The molecular formula is C36H39NO6. The van der Waals surface area contributed by atoms with Gasteiger partial charge in [-0.15, -0.1) is 0 Å². The summed E-state index contributed by atoms with van der Waals surface area (Å²) in [6.07, 6.45) is 3.85. The molecule has 9 atom stereocenters. The largest absolute Gasteiger partial charge is 0.469 e. The van der Waals surface area contributed by atoms with Crippen LogP contribution in [-0.4, -0.2) is 42.9 Å². The molecule has 7 nitrogen and oxygen atoms in total. The Morgan fingerprint density at radius 3 is 2.42 bits per heavy atom. The Bertz CT molecular complexity index is 1490. The molecule has 0 radical (unpaired) electrons. The van der Waals surface area contributed by atoms with Crippen LogP contribution in [0.15, 0.2) is 77.8 Å². The Balaban J connectivity index is 1.18. The SMILES string of the molecule is C=C1C(=O)[C@@]23CC[C@@H]4[C@H](C(=O)OC)C[C@@H](OC(=O)[C@@H]5OC(c6ccccc6)=N[C@H]5c5ccccc5)C[C@@]4(C)[C@@H]2CC[C@@H]1C3. The average Bonchev–Trinajstić information content (AvgIpc) is 3.55. The van der Waals surface area contributed by atoms with E-state index in [0.717, 1.165) is 48.8 Å². The topological polar surface area (TPSA) is 91.3 Å². The molecule has 0 unspecified atom stereocenters. The quantitative estimate of drug-likeness (QED) is 0.317. The molecule has 1 heterocycles. The van der Waals surface area contributed by atoms with E-state index in [1.165, 1.54) is 7.11 Å². The number of hydrogen-bond acceptors (Lipinski definition) is 7. The molecule has 0 amide bonds. The molecule has 0 saturated heterocycles. The number of ketones is 1. The first kappa shape index (κ1) is 28.1. The minimum atomic E-state index is -0.951. The summed E-state index contributed by atoms with van der Waals surface area (Å²) in [4.78, 5) is 45.7. The molecular weight excluding hydrogens is 542 g/mol. The number of ether oxygens (including phenoxy) is 3. The molecule has 1 spiro atoms. The van der Waals surface area contributed by atoms with Gasteiger partial charge in [-0.3, -0.25) is 9.59 Å². The van der Waals surface area contributed by atoms with E-state index in [1.807, 2.05) is 60.7 Å². The molecule has 4 saturated carbocycles. The van der Waals surface area contributed by atoms with Gasteiger partial charge in [0.15, 0.2) is 5.78 Å². The number of Topliss-reactive ketones (excluding diaryl/α,β-unsaturated/α-hetero) is 1. The number of rotatable bonds is 5. The second kappa shape index (κ2) is 10.5. The molecule has 2 aromatic rings. The lowest BCUT2D eigenvalue weighted by molar-refractivity contribution is -0.190. The van der Waals surface area contributed by atoms with E-state index in [4.69, 9.17) is 19.2 Å². The highest BCUT2D eigenvalue weighted by molar-refractivity contribution is 6.03. The minimum Gasteiger partial charge on any atom is -0.469 e. The van der Waals surface area contributed by atoms with Crippen molar-refractivity contribution in [3.05, 3.63) is 83.9 Å². The van der Waals surface area contributed by atoms with Gasteiger partial charge in [0.05, 0.1) is 13.0 Å². The number of carbonyl (C=O) groups excluding carboxylic acids is 3. The van der Waals surface area contributed by atoms with Crippen molar-refractivity contribution < 1.29 is 28.6 Å². The summed E-state index contributed by atoms with van der Waals surface area (Å²) in [5.41, 5.74) is 1.68. The number of nitrogens with zero attached hydrogens (tertiary/aromatic N) is 1. The number of carbonyl (C=O) groups is 3. The smallest absolute Gasteiger partial charge is 0.350 e. The molecule has 4 aliphatic carbocycles. The fourth-order valence-electron chi connectivity index (χ4n) is 9.65. The Morgan fingerprint density at radius 1 is 0.977 bits per heavy atom. The monoisotopic (exact) mass is 581 g/mol. The van der Waals surface area contributed by atoms with Crippen molar-refractivity contribution in [3.63, 3.8) is 0 Å². The van der Waals surface area contributed by atoms with Gasteiger partial charge in [0.1, 0.15) is 12.1 Å². The highest BCUT2D eigenvalue weighted by Gasteiger charge is 2.67. The van der Waals surface area contributed by atoms with Gasteiger partial charge in [0, 0.05) is 11.0 Å². The zero-order chi connectivity index (χ0) is 29.9. The van der Waals surface area contributed by atoms with Crippen molar-refractivity contribution in [1.29, 1.82) is 0 Å². The van der Waals surface area contributed by atoms with Gasteiger partial charge in [-0.25, -0.2) is 9.79 Å². The standard InChI is InChI=1S/C36H39NO6/c1-21-24-14-15-28-35(2)20-25(18-26(33(39)41-3)27(35)16-17-36(28,19-24)31(21)38)42-34(40)30-29(22-10-6-4-7-11-22)37-32(43-30)23-12-8-5-9-13-23/h4-13,24-30H,1,14-20H2,2-3H3/t24-,25-,26-,27-,28+,29+,30-,35-,36-/m1/s1. The third-order valence-electron chi connectivity index (χ3n) is 11.5. The van der Waals surface area contributed by atoms with Crippen LogP contribution in [0.5, 0.6) is 0 Å². The van der Waals surface area contributed by atoms with Gasteiger partial charge in [-0.1, -0.05) is 62.0 Å². The van der Waals surface area contributed by atoms with Crippen LogP contribution < -0.4 is 0 Å². The van der Waals surface area contributed by atoms with E-state index in [9.17, 15) is 14.4 Å². The lowest BCUT2D eigenvalue weighted by Crippen LogP contribution is -2.59. The van der Waals surface area contributed by atoms with E-state index < -0.39 is 35.6 Å². The normalized spacial score (nSPS) is 37.9. The molecule has 1 aliphatic heterocycles. The van der Waals surface area contributed by atoms with Crippen LogP contribution >= 0.6 is 0 Å². The second-order valence-corrected chi connectivity index (χ2v) is 13.5. The Kier molecular flexibility index (Phi) is 6.82. The van der Waals surface area contributed by atoms with Crippen molar-refractivity contribution in [1.82, 2.24) is 0 Å². The van der Waals surface area contributed by atoms with Crippen LogP contribution in [0.2, 0.25) is 0 Å². The number of hydrogen-bond donors (Lipinski definition) is 0. The molecule has 0 N–H and O–H groups in total. The summed E-state index contributed by atoms with van der Waals surface area (Å²) in [6, 6.07) is 18.6. The summed E-state index contributed by atoms with van der Waals surface area (Å²) in [5, 5.41) is 0. The lowest BCUT2D eigenvalue weighted by atomic mass is 9.43. The minimum absolute atomic E-state index is 0.0663. The number of methoxy groups -OCH3 is 1. The maximum atomic E-state index is 14.0. The van der Waals surface area contributed by atoms with Crippen LogP contribution in [0.4, 0.5) is 0 Å². The van der Waals surface area contributed by atoms with Crippen LogP contribution in [-0.2, 0) is 28.6 Å². The summed E-state index contributed by atoms with van der Waals surface area (Å²) < 4.78 is 17.8. The van der Waals surface area contributed by atoms with Gasteiger partial charge in [0.2, 0.25) is 12.0 Å². The predicted molar refractivity (Wildman–Crippen MR) is 160 cm³/mol. The first-order chi connectivity index (χ1) is 20.7. The van der Waals surface area contributed by atoms with Crippen molar-refractivity contribution in [3.8, 4) is 0 Å². The molecule has 2 aromatic carbocycles. The van der Waals surface area contributed by atoms with Crippen LogP contribution in [0.1, 0.15) is 69.0 Å². The maximum Gasteiger partial charge on any atom is 0.350 e. The molecule has 7 rings (SSSR count). The predicted octanol–water partition coefficient (Wildman–Crippen LogP) is 6.03. The number of fused-ring (bicyclic) bond motifs is 3. The summed E-state index contributed by atoms with van der Waals surface area (Å²) in [7, 11) is 1.43. The van der Waals surface area contributed by atoms with E-state index >= 15 is 0 Å². The zero-order valence-corrected chi connectivity index (χ0v) is 24.9. The Hall–Kier alpha value is -3.74. The summed E-state index contributed by atoms with van der Waals surface area (Å²) in [5.74, 6) is -0.0709. The number of esters is 2. The maximum absolute atomic E-state index is 14.0. The van der Waals surface area contributed by atoms with E-state index in [2.05, 4.69) is 13.5 Å². The van der Waals surface area contributed by atoms with E-state index in [0.29, 0.717) is 18.7 Å². The van der Waals surface area contributed by atoms with Crippen LogP contribution in [0, 0.1) is 34.5 Å². The fourth-order valence-corrected chi connectivity index (χ4v) is 9.65. The van der Waals surface area contributed by atoms with Gasteiger partial charge in [0.25, 0.3) is 0 Å². The van der Waals surface area contributed by atoms with Gasteiger partial charge >= 0.3 is 11.9 Å². The highest BCUT2D eigenvalue weighted by atomic mass is 16.6. The molecule has 0 aromatic heterocycles. The Morgan fingerprint density at radius 2 is 1.70 bits per heavy atom. The number of allylic oxidation sites excluding steroid dienone is 1. The molecule has 4 fully saturated rings. The van der Waals surface area contributed by atoms with Crippen LogP contribution in [0.3, 0.4) is 0 Å². The summed E-state index contributed by atoms with van der Waals surface area (Å²) >= 11 is 0. The van der Waals surface area contributed by atoms with Crippen molar-refractivity contribution in [2.75, 3.05) is 7.11 Å². The second-order valence-electron chi connectivity index (χ2n) is 13.5. The van der Waals surface area contributed by atoms with Crippen LogP contribution in [0.25, 0.3) is 0 Å². The molecule has 7 heteroatoms.